The van der Waals surface area contributed by atoms with Gasteiger partial charge in [0.15, 0.2) is 0 Å². The maximum Gasteiger partial charge on any atom is 0.271 e. The number of pyridine rings is 1. The summed E-state index contributed by atoms with van der Waals surface area (Å²) in [6.45, 7) is 6.50. The summed E-state index contributed by atoms with van der Waals surface area (Å²) in [4.78, 5) is 24.0. The Kier molecular flexibility index (Phi) is 5.43. The van der Waals surface area contributed by atoms with Crippen LogP contribution in [0.2, 0.25) is 0 Å². The van der Waals surface area contributed by atoms with Gasteiger partial charge in [-0.1, -0.05) is 6.07 Å². The molecule has 1 spiro atoms. The fourth-order valence-corrected chi connectivity index (χ4v) is 5.18. The molecule has 3 aliphatic heterocycles. The molecule has 30 heavy (non-hydrogen) atoms. The van der Waals surface area contributed by atoms with Crippen LogP contribution in [-0.2, 0) is 4.74 Å². The Labute approximate surface area is 177 Å². The molecular weight excluding hydrogens is 380 g/mol. The van der Waals surface area contributed by atoms with Gasteiger partial charge in [-0.3, -0.25) is 14.8 Å². The summed E-state index contributed by atoms with van der Waals surface area (Å²) < 4.78 is 6.33. The third kappa shape index (κ3) is 3.94. The summed E-state index contributed by atoms with van der Waals surface area (Å²) in [5.41, 5.74) is 0.491. The highest BCUT2D eigenvalue weighted by Gasteiger charge is 2.43. The number of likely N-dealkylation sites (tertiary alicyclic amines) is 1. The molecule has 0 aliphatic carbocycles. The summed E-state index contributed by atoms with van der Waals surface area (Å²) in [6, 6.07) is 8.43. The van der Waals surface area contributed by atoms with E-state index in [1.54, 1.807) is 12.3 Å². The Morgan fingerprint density at radius 3 is 2.60 bits per heavy atom. The van der Waals surface area contributed by atoms with Gasteiger partial charge in [-0.05, 0) is 43.9 Å². The first-order chi connectivity index (χ1) is 14.7. The van der Waals surface area contributed by atoms with Crippen LogP contribution in [0.4, 0.5) is 5.82 Å². The molecule has 0 saturated carbocycles. The van der Waals surface area contributed by atoms with Crippen LogP contribution in [0.3, 0.4) is 0 Å². The standard InChI is InChI=1S/C22H30N6O2/c29-21(19-4-9-24-25-19)28-10-6-22(7-11-28)17-18(5-16-30-22)26-12-14-27(15-13-26)20-3-1-2-8-23-20/h1-4,8-9,18H,5-7,10-17H2,(H,24,25). The number of rotatable bonds is 3. The summed E-state index contributed by atoms with van der Waals surface area (Å²) >= 11 is 0. The second kappa shape index (κ2) is 8.35. The van der Waals surface area contributed by atoms with Gasteiger partial charge in [0, 0.05) is 64.3 Å². The molecule has 5 rings (SSSR count). The largest absolute Gasteiger partial charge is 0.375 e. The van der Waals surface area contributed by atoms with Crippen LogP contribution in [0.5, 0.6) is 0 Å². The zero-order valence-corrected chi connectivity index (χ0v) is 17.4. The predicted molar refractivity (Wildman–Crippen MR) is 113 cm³/mol. The second-order valence-corrected chi connectivity index (χ2v) is 8.65. The number of nitrogens with zero attached hydrogens (tertiary/aromatic N) is 5. The summed E-state index contributed by atoms with van der Waals surface area (Å²) in [6.07, 6.45) is 7.49. The van der Waals surface area contributed by atoms with E-state index in [0.717, 1.165) is 77.4 Å². The van der Waals surface area contributed by atoms with Crippen molar-refractivity contribution in [1.82, 2.24) is 25.0 Å². The van der Waals surface area contributed by atoms with Crippen molar-refractivity contribution in [2.45, 2.75) is 37.3 Å². The van der Waals surface area contributed by atoms with Crippen molar-refractivity contribution in [1.29, 1.82) is 0 Å². The molecular formula is C22H30N6O2. The van der Waals surface area contributed by atoms with E-state index in [9.17, 15) is 4.79 Å². The molecule has 5 heterocycles. The van der Waals surface area contributed by atoms with E-state index < -0.39 is 0 Å². The van der Waals surface area contributed by atoms with E-state index in [2.05, 4.69) is 37.1 Å². The SMILES string of the molecule is O=C(c1ccn[nH]1)N1CCC2(CC1)CC(N1CCN(c3ccccn3)CC1)CCO2. The van der Waals surface area contributed by atoms with Gasteiger partial charge in [-0.2, -0.15) is 5.10 Å². The Balaban J connectivity index is 1.15. The minimum Gasteiger partial charge on any atom is -0.375 e. The Bertz CT molecular complexity index is 827. The highest BCUT2D eigenvalue weighted by Crippen LogP contribution is 2.37. The lowest BCUT2D eigenvalue weighted by atomic mass is 9.81. The zero-order chi connectivity index (χ0) is 20.4. The molecule has 0 radical (unpaired) electrons. The lowest BCUT2D eigenvalue weighted by Crippen LogP contribution is -2.57. The Morgan fingerprint density at radius 1 is 1.07 bits per heavy atom. The maximum atomic E-state index is 12.6. The summed E-state index contributed by atoms with van der Waals surface area (Å²) in [5, 5.41) is 6.68. The van der Waals surface area contributed by atoms with Crippen molar-refractivity contribution < 1.29 is 9.53 Å². The molecule has 8 heteroatoms. The molecule has 1 unspecified atom stereocenters. The van der Waals surface area contributed by atoms with Crippen LogP contribution in [0.25, 0.3) is 0 Å². The van der Waals surface area contributed by atoms with Crippen molar-refractivity contribution in [2.75, 3.05) is 50.8 Å². The Morgan fingerprint density at radius 2 is 1.90 bits per heavy atom. The van der Waals surface area contributed by atoms with E-state index in [4.69, 9.17) is 4.74 Å². The number of anilines is 1. The van der Waals surface area contributed by atoms with Crippen molar-refractivity contribution in [2.24, 2.45) is 0 Å². The molecule has 3 aliphatic rings. The maximum absolute atomic E-state index is 12.6. The zero-order valence-electron chi connectivity index (χ0n) is 17.4. The van der Waals surface area contributed by atoms with Gasteiger partial charge < -0.3 is 14.5 Å². The molecule has 0 aromatic carbocycles. The number of amides is 1. The highest BCUT2D eigenvalue weighted by atomic mass is 16.5. The molecule has 8 nitrogen and oxygen atoms in total. The lowest BCUT2D eigenvalue weighted by Gasteiger charge is -2.49. The number of nitrogens with one attached hydrogen (secondary N) is 1. The minimum absolute atomic E-state index is 0.0420. The van der Waals surface area contributed by atoms with Crippen LogP contribution >= 0.6 is 0 Å². The second-order valence-electron chi connectivity index (χ2n) is 8.65. The van der Waals surface area contributed by atoms with Crippen LogP contribution in [0.1, 0.15) is 36.2 Å². The number of carbonyl (C=O) groups is 1. The number of carbonyl (C=O) groups excluding carboxylic acids is 1. The van der Waals surface area contributed by atoms with E-state index in [1.165, 1.54) is 0 Å². The highest BCUT2D eigenvalue weighted by molar-refractivity contribution is 5.92. The number of aromatic amines is 1. The average molecular weight is 411 g/mol. The fourth-order valence-electron chi connectivity index (χ4n) is 5.18. The van der Waals surface area contributed by atoms with Crippen molar-refractivity contribution in [3.05, 3.63) is 42.4 Å². The molecule has 1 N–H and O–H groups in total. The van der Waals surface area contributed by atoms with E-state index >= 15 is 0 Å². The predicted octanol–water partition coefficient (Wildman–Crippen LogP) is 1.78. The van der Waals surface area contributed by atoms with Gasteiger partial charge >= 0.3 is 0 Å². The number of piperidine rings is 1. The summed E-state index contributed by atoms with van der Waals surface area (Å²) in [5.74, 6) is 1.12. The number of hydrogen-bond acceptors (Lipinski definition) is 6. The first-order valence-electron chi connectivity index (χ1n) is 11.1. The quantitative estimate of drug-likeness (QED) is 0.831. The normalized spacial score (nSPS) is 24.9. The monoisotopic (exact) mass is 410 g/mol. The first-order valence-corrected chi connectivity index (χ1v) is 11.1. The van der Waals surface area contributed by atoms with Crippen molar-refractivity contribution in [3.63, 3.8) is 0 Å². The third-order valence-electron chi connectivity index (χ3n) is 6.96. The average Bonchev–Trinajstić information content (AvgIpc) is 3.35. The molecule has 1 atom stereocenters. The molecule has 3 fully saturated rings. The molecule has 2 aromatic heterocycles. The van der Waals surface area contributed by atoms with E-state index in [1.807, 2.05) is 17.2 Å². The summed E-state index contributed by atoms with van der Waals surface area (Å²) in [7, 11) is 0. The molecule has 1 amide bonds. The van der Waals surface area contributed by atoms with Crippen LogP contribution in [0, 0.1) is 0 Å². The number of H-pyrrole nitrogens is 1. The van der Waals surface area contributed by atoms with Gasteiger partial charge in [0.1, 0.15) is 11.5 Å². The van der Waals surface area contributed by atoms with Gasteiger partial charge in [-0.25, -0.2) is 4.98 Å². The number of hydrogen-bond donors (Lipinski definition) is 1. The molecule has 0 bridgehead atoms. The van der Waals surface area contributed by atoms with Crippen LogP contribution in [0.15, 0.2) is 36.7 Å². The van der Waals surface area contributed by atoms with Gasteiger partial charge in [0.25, 0.3) is 5.91 Å². The topological polar surface area (TPSA) is 77.6 Å². The lowest BCUT2D eigenvalue weighted by molar-refractivity contribution is -0.130. The third-order valence-corrected chi connectivity index (χ3v) is 6.96. The molecule has 3 saturated heterocycles. The van der Waals surface area contributed by atoms with Crippen LogP contribution < -0.4 is 4.90 Å². The first kappa shape index (κ1) is 19.5. The smallest absolute Gasteiger partial charge is 0.271 e. The van der Waals surface area contributed by atoms with Crippen molar-refractivity contribution in [3.8, 4) is 0 Å². The Hall–Kier alpha value is -2.45. The van der Waals surface area contributed by atoms with E-state index in [0.29, 0.717) is 11.7 Å². The van der Waals surface area contributed by atoms with Gasteiger partial charge in [-0.15, -0.1) is 0 Å². The number of piperazine rings is 1. The fraction of sp³-hybridized carbons (Fsp3) is 0.591. The van der Waals surface area contributed by atoms with E-state index in [-0.39, 0.29) is 11.5 Å². The van der Waals surface area contributed by atoms with Gasteiger partial charge in [0.05, 0.1) is 5.60 Å². The van der Waals surface area contributed by atoms with Crippen LogP contribution in [-0.4, -0.2) is 88.4 Å². The minimum atomic E-state index is -0.0776. The molecule has 160 valence electrons. The molecule has 2 aromatic rings. The number of aromatic nitrogens is 3. The van der Waals surface area contributed by atoms with Gasteiger partial charge in [0.2, 0.25) is 0 Å². The van der Waals surface area contributed by atoms with Crippen molar-refractivity contribution >= 4 is 11.7 Å². The number of ether oxygens (including phenoxy) is 1.